The summed E-state index contributed by atoms with van der Waals surface area (Å²) in [5, 5.41) is 4.48. The number of allylic oxidation sites excluding steroid dienone is 1. The van der Waals surface area contributed by atoms with Crippen molar-refractivity contribution < 1.29 is 22.7 Å². The predicted molar refractivity (Wildman–Crippen MR) is 90.6 cm³/mol. The molecular formula is C15H18Cl2F3N3O2. The molecule has 0 fully saturated rings. The number of hydrogen-bond donors (Lipinski definition) is 3. The van der Waals surface area contributed by atoms with Crippen molar-refractivity contribution in [3.05, 3.63) is 39.5 Å². The Morgan fingerprint density at radius 2 is 1.92 bits per heavy atom. The number of rotatable bonds is 6. The molecular weight excluding hydrogens is 382 g/mol. The van der Waals surface area contributed by atoms with E-state index in [1.54, 1.807) is 6.92 Å². The summed E-state index contributed by atoms with van der Waals surface area (Å²) in [6, 6.07) is 0.985. The van der Waals surface area contributed by atoms with Gasteiger partial charge >= 0.3 is 12.2 Å². The zero-order chi connectivity index (χ0) is 19.2. The van der Waals surface area contributed by atoms with Crippen LogP contribution in [0.15, 0.2) is 23.9 Å². The van der Waals surface area contributed by atoms with E-state index in [1.807, 2.05) is 6.92 Å². The molecule has 5 nitrogen and oxygen atoms in total. The standard InChI is InChI=1S/C15H18Cl2F3N3O2/c1-3-4-22-14(24)23-8(2)5-12(21)25-13-10(16)6-9(7-11(13)17)15(18,19)20/h5-7,12H,3-4,21H2,1-2H3,(H2,22,23,24)/b8-5-. The first-order chi connectivity index (χ1) is 11.5. The van der Waals surface area contributed by atoms with Crippen LogP contribution < -0.4 is 21.1 Å². The van der Waals surface area contributed by atoms with E-state index in [0.29, 0.717) is 24.4 Å². The number of carbonyl (C=O) groups excluding carboxylic acids is 1. The lowest BCUT2D eigenvalue weighted by molar-refractivity contribution is -0.137. The molecule has 2 amide bonds. The lowest BCUT2D eigenvalue weighted by Gasteiger charge is -2.17. The molecule has 0 aromatic heterocycles. The Hall–Kier alpha value is -1.64. The van der Waals surface area contributed by atoms with Crippen molar-refractivity contribution in [2.24, 2.45) is 5.73 Å². The number of nitrogens with two attached hydrogens (primary N) is 1. The van der Waals surface area contributed by atoms with E-state index in [1.165, 1.54) is 6.08 Å². The number of benzene rings is 1. The molecule has 0 saturated carbocycles. The van der Waals surface area contributed by atoms with E-state index in [2.05, 4.69) is 10.6 Å². The van der Waals surface area contributed by atoms with Crippen molar-refractivity contribution in [2.75, 3.05) is 6.54 Å². The molecule has 1 atom stereocenters. The van der Waals surface area contributed by atoms with Gasteiger partial charge in [0.1, 0.15) is 0 Å². The summed E-state index contributed by atoms with van der Waals surface area (Å²) in [7, 11) is 0. The Morgan fingerprint density at radius 3 is 2.40 bits per heavy atom. The third kappa shape index (κ3) is 7.01. The van der Waals surface area contributed by atoms with Crippen molar-refractivity contribution >= 4 is 29.2 Å². The summed E-state index contributed by atoms with van der Waals surface area (Å²) < 4.78 is 43.3. The molecule has 0 aliphatic heterocycles. The molecule has 25 heavy (non-hydrogen) atoms. The monoisotopic (exact) mass is 399 g/mol. The summed E-state index contributed by atoms with van der Waals surface area (Å²) in [6.07, 6.45) is -3.53. The highest BCUT2D eigenvalue weighted by molar-refractivity contribution is 6.37. The molecule has 0 saturated heterocycles. The zero-order valence-electron chi connectivity index (χ0n) is 13.5. The zero-order valence-corrected chi connectivity index (χ0v) is 15.0. The Balaban J connectivity index is 2.81. The van der Waals surface area contributed by atoms with Crippen LogP contribution in [0.25, 0.3) is 0 Å². The van der Waals surface area contributed by atoms with Gasteiger partial charge in [0.05, 0.1) is 15.6 Å². The number of hydrogen-bond acceptors (Lipinski definition) is 3. The lowest BCUT2D eigenvalue weighted by Crippen LogP contribution is -2.36. The Labute approximate surface area is 153 Å². The number of alkyl halides is 3. The van der Waals surface area contributed by atoms with E-state index in [4.69, 9.17) is 33.7 Å². The van der Waals surface area contributed by atoms with Gasteiger partial charge in [-0.2, -0.15) is 13.2 Å². The number of carbonyl (C=O) groups is 1. The first-order valence-corrected chi connectivity index (χ1v) is 8.02. The van der Waals surface area contributed by atoms with Gasteiger partial charge in [-0.05, 0) is 31.6 Å². The molecule has 0 aliphatic rings. The first kappa shape index (κ1) is 21.4. The number of nitrogens with one attached hydrogen (secondary N) is 2. The van der Waals surface area contributed by atoms with E-state index < -0.39 is 24.0 Å². The third-order valence-electron chi connectivity index (χ3n) is 2.84. The van der Waals surface area contributed by atoms with Gasteiger partial charge in [0.15, 0.2) is 12.0 Å². The highest BCUT2D eigenvalue weighted by Crippen LogP contribution is 2.40. The van der Waals surface area contributed by atoms with Crippen LogP contribution in [-0.4, -0.2) is 18.8 Å². The van der Waals surface area contributed by atoms with Crippen LogP contribution in [0.2, 0.25) is 10.0 Å². The molecule has 140 valence electrons. The van der Waals surface area contributed by atoms with Crippen LogP contribution in [0.5, 0.6) is 5.75 Å². The minimum atomic E-state index is -4.58. The van der Waals surface area contributed by atoms with Gasteiger partial charge in [-0.3, -0.25) is 5.73 Å². The third-order valence-corrected chi connectivity index (χ3v) is 3.40. The lowest BCUT2D eigenvalue weighted by atomic mass is 10.2. The maximum absolute atomic E-state index is 12.7. The largest absolute Gasteiger partial charge is 0.469 e. The van der Waals surface area contributed by atoms with Crippen LogP contribution in [0.4, 0.5) is 18.0 Å². The smallest absolute Gasteiger partial charge is 0.416 e. The van der Waals surface area contributed by atoms with Gasteiger partial charge in [0, 0.05) is 12.2 Å². The second kappa shape index (κ2) is 9.17. The maximum atomic E-state index is 12.7. The summed E-state index contributed by atoms with van der Waals surface area (Å²) in [4.78, 5) is 11.5. The van der Waals surface area contributed by atoms with Gasteiger partial charge in [-0.1, -0.05) is 30.1 Å². The van der Waals surface area contributed by atoms with Crippen molar-refractivity contribution in [1.29, 1.82) is 0 Å². The molecule has 1 rings (SSSR count). The minimum Gasteiger partial charge on any atom is -0.469 e. The summed E-state index contributed by atoms with van der Waals surface area (Å²) >= 11 is 11.6. The average Bonchev–Trinajstić information content (AvgIpc) is 2.47. The number of amides is 2. The Kier molecular flexibility index (Phi) is 7.85. The molecule has 1 aromatic rings. The fourth-order valence-corrected chi connectivity index (χ4v) is 2.33. The van der Waals surface area contributed by atoms with E-state index >= 15 is 0 Å². The van der Waals surface area contributed by atoms with Crippen molar-refractivity contribution in [1.82, 2.24) is 10.6 Å². The molecule has 1 unspecified atom stereocenters. The second-order valence-electron chi connectivity index (χ2n) is 5.08. The molecule has 1 aromatic carbocycles. The molecule has 10 heteroatoms. The SMILES string of the molecule is CCCNC(=O)N/C(C)=C\C(N)Oc1c(Cl)cc(C(F)(F)F)cc1Cl. The number of halogens is 5. The maximum Gasteiger partial charge on any atom is 0.416 e. The highest BCUT2D eigenvalue weighted by atomic mass is 35.5. The van der Waals surface area contributed by atoms with Gasteiger partial charge in [-0.15, -0.1) is 0 Å². The van der Waals surface area contributed by atoms with Crippen molar-refractivity contribution in [2.45, 2.75) is 32.7 Å². The summed E-state index contributed by atoms with van der Waals surface area (Å²) in [5.41, 5.74) is 5.13. The first-order valence-electron chi connectivity index (χ1n) is 7.26. The number of ether oxygens (including phenoxy) is 1. The van der Waals surface area contributed by atoms with Gasteiger partial charge in [0.25, 0.3) is 0 Å². The molecule has 4 N–H and O–H groups in total. The van der Waals surface area contributed by atoms with Crippen LogP contribution in [-0.2, 0) is 6.18 Å². The average molecular weight is 400 g/mol. The summed E-state index contributed by atoms with van der Waals surface area (Å²) in [6.45, 7) is 3.99. The predicted octanol–water partition coefficient (Wildman–Crippen LogP) is 4.29. The summed E-state index contributed by atoms with van der Waals surface area (Å²) in [5.74, 6) is -0.177. The normalized spacial score (nSPS) is 13.4. The molecule has 0 heterocycles. The van der Waals surface area contributed by atoms with Crippen LogP contribution in [0, 0.1) is 0 Å². The molecule has 0 radical (unpaired) electrons. The molecule has 0 spiro atoms. The highest BCUT2D eigenvalue weighted by Gasteiger charge is 2.32. The Bertz CT molecular complexity index is 628. The topological polar surface area (TPSA) is 76.4 Å². The quantitative estimate of drug-likeness (QED) is 0.624. The molecule has 0 aliphatic carbocycles. The van der Waals surface area contributed by atoms with E-state index in [9.17, 15) is 18.0 Å². The fraction of sp³-hybridized carbons (Fsp3) is 0.400. The van der Waals surface area contributed by atoms with E-state index in [-0.39, 0.29) is 15.8 Å². The van der Waals surface area contributed by atoms with E-state index in [0.717, 1.165) is 6.42 Å². The minimum absolute atomic E-state index is 0.177. The second-order valence-corrected chi connectivity index (χ2v) is 5.89. The van der Waals surface area contributed by atoms with Crippen molar-refractivity contribution in [3.63, 3.8) is 0 Å². The fourth-order valence-electron chi connectivity index (χ4n) is 1.76. The Morgan fingerprint density at radius 1 is 1.36 bits per heavy atom. The van der Waals surface area contributed by atoms with Gasteiger partial charge in [0.2, 0.25) is 0 Å². The van der Waals surface area contributed by atoms with Crippen molar-refractivity contribution in [3.8, 4) is 5.75 Å². The van der Waals surface area contributed by atoms with Crippen LogP contribution in [0.1, 0.15) is 25.8 Å². The number of urea groups is 1. The van der Waals surface area contributed by atoms with Crippen LogP contribution in [0.3, 0.4) is 0 Å². The van der Waals surface area contributed by atoms with Gasteiger partial charge in [-0.25, -0.2) is 4.79 Å². The van der Waals surface area contributed by atoms with Gasteiger partial charge < -0.3 is 15.4 Å². The molecule has 0 bridgehead atoms. The van der Waals surface area contributed by atoms with Crippen LogP contribution >= 0.6 is 23.2 Å².